The van der Waals surface area contributed by atoms with Gasteiger partial charge < -0.3 is 28.4 Å². The molecule has 0 N–H and O–H groups in total. The van der Waals surface area contributed by atoms with E-state index in [1.807, 2.05) is 55.5 Å². The van der Waals surface area contributed by atoms with Gasteiger partial charge >= 0.3 is 17.9 Å². The molecule has 54 heavy (non-hydrogen) atoms. The molecule has 0 unspecified atom stereocenters. The van der Waals surface area contributed by atoms with E-state index in [9.17, 15) is 14.4 Å². The van der Waals surface area contributed by atoms with Crippen LogP contribution in [0.2, 0.25) is 0 Å². The first kappa shape index (κ1) is 38.1. The van der Waals surface area contributed by atoms with Crippen LogP contribution in [0, 0.1) is 0 Å². The predicted molar refractivity (Wildman–Crippen MR) is 207 cm³/mol. The molecule has 0 amide bonds. The highest BCUT2D eigenvalue weighted by Gasteiger charge is 2.11. The fourth-order valence-electron chi connectivity index (χ4n) is 4.69. The molecule has 0 bridgehead atoms. The SMILES string of the molecule is C=C(C)C(=C)OCOc1ccc(-c2ccc(-c3ccc(/C=C/C(=O)Oc4ccc(OC(=O)c5ccc(OCOC(=O)C(=C)C)cc5)cc4)cc3)cc2)cc1. The zero-order valence-electron chi connectivity index (χ0n) is 29.9. The van der Waals surface area contributed by atoms with E-state index in [4.69, 9.17) is 28.4 Å². The first-order valence-corrected chi connectivity index (χ1v) is 16.7. The lowest BCUT2D eigenvalue weighted by atomic mass is 9.99. The van der Waals surface area contributed by atoms with Gasteiger partial charge in [0.15, 0.2) is 0 Å². The fourth-order valence-corrected chi connectivity index (χ4v) is 4.69. The quantitative estimate of drug-likeness (QED) is 0.0246. The molecule has 0 aliphatic heterocycles. The molecule has 0 atom stereocenters. The van der Waals surface area contributed by atoms with Gasteiger partial charge in [-0.1, -0.05) is 80.4 Å². The molecule has 0 aliphatic rings. The summed E-state index contributed by atoms with van der Waals surface area (Å²) in [5.74, 6) is 0.445. The van der Waals surface area contributed by atoms with Gasteiger partial charge in [-0.25, -0.2) is 14.4 Å². The van der Waals surface area contributed by atoms with Gasteiger partial charge in [0.25, 0.3) is 0 Å². The van der Waals surface area contributed by atoms with E-state index < -0.39 is 17.9 Å². The topological polar surface area (TPSA) is 107 Å². The van der Waals surface area contributed by atoms with Crippen molar-refractivity contribution >= 4 is 24.0 Å². The highest BCUT2D eigenvalue weighted by Crippen LogP contribution is 2.27. The number of rotatable bonds is 16. The van der Waals surface area contributed by atoms with Crippen molar-refractivity contribution in [3.05, 3.63) is 175 Å². The number of esters is 3. The number of benzene rings is 5. The Labute approximate surface area is 314 Å². The third-order valence-electron chi connectivity index (χ3n) is 7.77. The van der Waals surface area contributed by atoms with Gasteiger partial charge in [0, 0.05) is 11.6 Å². The largest absolute Gasteiger partial charge is 0.458 e. The van der Waals surface area contributed by atoms with E-state index in [1.165, 1.54) is 49.4 Å². The minimum Gasteiger partial charge on any atom is -0.458 e. The number of carbonyl (C=O) groups excluding carboxylic acids is 3. The molecule has 5 rings (SSSR count). The highest BCUT2D eigenvalue weighted by atomic mass is 16.7. The lowest BCUT2D eigenvalue weighted by Gasteiger charge is -2.11. The summed E-state index contributed by atoms with van der Waals surface area (Å²) in [4.78, 5) is 36.5. The van der Waals surface area contributed by atoms with Gasteiger partial charge in [-0.15, -0.1) is 0 Å². The molecular weight excluding hydrogens is 684 g/mol. The number of ether oxygens (including phenoxy) is 6. The van der Waals surface area contributed by atoms with E-state index in [-0.39, 0.29) is 36.2 Å². The molecule has 0 saturated carbocycles. The molecule has 0 aliphatic carbocycles. The van der Waals surface area contributed by atoms with Crippen LogP contribution in [0.1, 0.15) is 29.8 Å². The van der Waals surface area contributed by atoms with Gasteiger partial charge in [0.2, 0.25) is 13.6 Å². The number of carbonyl (C=O) groups is 3. The lowest BCUT2D eigenvalue weighted by Crippen LogP contribution is -2.11. The van der Waals surface area contributed by atoms with Gasteiger partial charge in [-0.05, 0) is 114 Å². The zero-order valence-corrected chi connectivity index (χ0v) is 29.9. The van der Waals surface area contributed by atoms with Gasteiger partial charge in [0.05, 0.1) is 5.56 Å². The standard InChI is InChI=1S/C45H38O9/c1-30(2)32(5)49-28-50-39-19-15-37(16-20-39)36-13-11-35(12-14-36)34-9-6-33(7-10-34)8-27-43(46)53-41-23-25-42(26-24-41)54-45(48)38-17-21-40(22-18-38)51-29-52-44(47)31(3)4/h6-27H,1,3,5,28-29H2,2,4H3/b27-8+. The molecule has 272 valence electrons. The van der Waals surface area contributed by atoms with Crippen molar-refractivity contribution in [1.29, 1.82) is 0 Å². The molecule has 9 nitrogen and oxygen atoms in total. The molecule has 0 aromatic heterocycles. The number of allylic oxidation sites excluding steroid dienone is 1. The molecular formula is C45H38O9. The smallest absolute Gasteiger partial charge is 0.343 e. The van der Waals surface area contributed by atoms with Crippen LogP contribution in [0.5, 0.6) is 23.0 Å². The summed E-state index contributed by atoms with van der Waals surface area (Å²) in [6.07, 6.45) is 3.02. The third-order valence-corrected chi connectivity index (χ3v) is 7.77. The van der Waals surface area contributed by atoms with Gasteiger partial charge in [-0.2, -0.15) is 0 Å². The van der Waals surface area contributed by atoms with Crippen molar-refractivity contribution in [3.63, 3.8) is 0 Å². The van der Waals surface area contributed by atoms with Gasteiger partial charge in [-0.3, -0.25) is 0 Å². The predicted octanol–water partition coefficient (Wildman–Crippen LogP) is 9.76. The molecule has 0 radical (unpaired) electrons. The first-order valence-electron chi connectivity index (χ1n) is 16.7. The van der Waals surface area contributed by atoms with Crippen molar-refractivity contribution in [2.24, 2.45) is 0 Å². The molecule has 0 fully saturated rings. The Morgan fingerprint density at radius 2 is 0.944 bits per heavy atom. The second-order valence-corrected chi connectivity index (χ2v) is 11.9. The van der Waals surface area contributed by atoms with E-state index >= 15 is 0 Å². The average molecular weight is 723 g/mol. The summed E-state index contributed by atoms with van der Waals surface area (Å²) in [6.45, 7) is 14.2. The Morgan fingerprint density at radius 3 is 1.44 bits per heavy atom. The van der Waals surface area contributed by atoms with Crippen molar-refractivity contribution in [3.8, 4) is 45.3 Å². The minimum absolute atomic E-state index is 0.0623. The van der Waals surface area contributed by atoms with Crippen molar-refractivity contribution in [1.82, 2.24) is 0 Å². The molecule has 5 aromatic carbocycles. The Bertz CT molecular complexity index is 2140. The summed E-state index contributed by atoms with van der Waals surface area (Å²) in [5, 5.41) is 0. The number of hydrogen-bond acceptors (Lipinski definition) is 9. The van der Waals surface area contributed by atoms with E-state index in [0.29, 0.717) is 17.3 Å². The highest BCUT2D eigenvalue weighted by molar-refractivity contribution is 5.91. The zero-order chi connectivity index (χ0) is 38.5. The van der Waals surface area contributed by atoms with E-state index in [0.717, 1.165) is 33.4 Å². The summed E-state index contributed by atoms with van der Waals surface area (Å²) in [7, 11) is 0. The third kappa shape index (κ3) is 11.2. The van der Waals surface area contributed by atoms with Crippen LogP contribution in [0.3, 0.4) is 0 Å². The molecule has 0 spiro atoms. The molecule has 5 aromatic rings. The second-order valence-electron chi connectivity index (χ2n) is 11.9. The van der Waals surface area contributed by atoms with E-state index in [1.54, 1.807) is 18.2 Å². The van der Waals surface area contributed by atoms with E-state index in [2.05, 4.69) is 44.0 Å². The monoisotopic (exact) mass is 722 g/mol. The average Bonchev–Trinajstić information content (AvgIpc) is 3.18. The molecule has 9 heteroatoms. The normalized spacial score (nSPS) is 10.6. The van der Waals surface area contributed by atoms with Crippen LogP contribution in [0.4, 0.5) is 0 Å². The summed E-state index contributed by atoms with van der Waals surface area (Å²) < 4.78 is 32.1. The maximum absolute atomic E-state index is 12.6. The fraction of sp³-hybridized carbons (Fsp3) is 0.0889. The molecule has 0 saturated heterocycles. The molecule has 0 heterocycles. The maximum Gasteiger partial charge on any atom is 0.343 e. The van der Waals surface area contributed by atoms with Crippen molar-refractivity contribution < 1.29 is 42.8 Å². The van der Waals surface area contributed by atoms with Crippen LogP contribution < -0.4 is 18.9 Å². The second kappa shape index (κ2) is 18.4. The Kier molecular flexibility index (Phi) is 13.0. The minimum atomic E-state index is -0.590. The summed E-state index contributed by atoms with van der Waals surface area (Å²) in [5.41, 5.74) is 6.35. The Hall–Kier alpha value is -7.13. The van der Waals surface area contributed by atoms with Crippen LogP contribution in [0.25, 0.3) is 28.3 Å². The number of hydrogen-bond donors (Lipinski definition) is 0. The Balaban J connectivity index is 1.06. The summed E-state index contributed by atoms with van der Waals surface area (Å²) in [6, 6.07) is 36.1. The first-order chi connectivity index (χ1) is 26.0. The Morgan fingerprint density at radius 1 is 0.519 bits per heavy atom. The van der Waals surface area contributed by atoms with Crippen LogP contribution in [0.15, 0.2) is 164 Å². The van der Waals surface area contributed by atoms with Crippen LogP contribution in [-0.4, -0.2) is 31.5 Å². The van der Waals surface area contributed by atoms with Gasteiger partial charge in [0.1, 0.15) is 28.8 Å². The van der Waals surface area contributed by atoms with Crippen molar-refractivity contribution in [2.75, 3.05) is 13.6 Å². The van der Waals surface area contributed by atoms with Crippen LogP contribution >= 0.6 is 0 Å². The van der Waals surface area contributed by atoms with Crippen LogP contribution in [-0.2, 0) is 19.1 Å². The lowest BCUT2D eigenvalue weighted by molar-refractivity contribution is -0.145. The maximum atomic E-state index is 12.6. The van der Waals surface area contributed by atoms with Crippen molar-refractivity contribution in [2.45, 2.75) is 13.8 Å². The summed E-state index contributed by atoms with van der Waals surface area (Å²) >= 11 is 0.